The van der Waals surface area contributed by atoms with Crippen LogP contribution in [0.15, 0.2) is 85.1 Å². The number of anilines is 1. The van der Waals surface area contributed by atoms with Crippen LogP contribution < -0.4 is 4.90 Å². The summed E-state index contributed by atoms with van der Waals surface area (Å²) in [6.45, 7) is 0. The first-order valence-electron chi connectivity index (χ1n) is 10.2. The Balaban J connectivity index is 1.46. The molecule has 0 radical (unpaired) electrons. The quantitative estimate of drug-likeness (QED) is 0.541. The maximum atomic E-state index is 4.70. The van der Waals surface area contributed by atoms with Crippen molar-refractivity contribution < 1.29 is 0 Å². The Morgan fingerprint density at radius 3 is 1.67 bits per heavy atom. The Morgan fingerprint density at radius 1 is 0.667 bits per heavy atom. The molecule has 0 spiro atoms. The lowest BCUT2D eigenvalue weighted by Gasteiger charge is -2.32. The molecule has 0 aliphatic carbocycles. The summed E-state index contributed by atoms with van der Waals surface area (Å²) in [5, 5.41) is 0. The molecule has 4 rings (SSSR count). The molecular formula is C25H28N2. The summed E-state index contributed by atoms with van der Waals surface area (Å²) in [6, 6.07) is 29.2. The Bertz CT molecular complexity index is 750. The second-order valence-corrected chi connectivity index (χ2v) is 7.53. The molecule has 3 aromatic rings. The highest BCUT2D eigenvalue weighted by atomic mass is 15.3. The third-order valence-electron chi connectivity index (χ3n) is 5.75. The fourth-order valence-electron chi connectivity index (χ4n) is 4.36. The number of pyridine rings is 1. The van der Waals surface area contributed by atoms with E-state index in [9.17, 15) is 0 Å². The van der Waals surface area contributed by atoms with Gasteiger partial charge in [0.2, 0.25) is 0 Å². The van der Waals surface area contributed by atoms with E-state index < -0.39 is 0 Å². The van der Waals surface area contributed by atoms with Crippen LogP contribution in [0.25, 0.3) is 0 Å². The van der Waals surface area contributed by atoms with Crippen LogP contribution in [0.1, 0.15) is 36.8 Å². The van der Waals surface area contributed by atoms with Gasteiger partial charge in [-0.2, -0.15) is 0 Å². The Kier molecular flexibility index (Phi) is 5.83. The third kappa shape index (κ3) is 4.57. The van der Waals surface area contributed by atoms with Gasteiger partial charge in [-0.3, -0.25) is 0 Å². The number of nitrogens with zero attached hydrogens (tertiary/aromatic N) is 2. The van der Waals surface area contributed by atoms with E-state index in [-0.39, 0.29) is 0 Å². The molecule has 2 aromatic carbocycles. The van der Waals surface area contributed by atoms with Gasteiger partial charge in [-0.1, -0.05) is 66.7 Å². The smallest absolute Gasteiger partial charge is 0.128 e. The molecule has 2 nitrogen and oxygen atoms in total. The lowest BCUT2D eigenvalue weighted by molar-refractivity contribution is 0.560. The second kappa shape index (κ2) is 8.85. The van der Waals surface area contributed by atoms with Gasteiger partial charge in [0.25, 0.3) is 0 Å². The zero-order valence-electron chi connectivity index (χ0n) is 15.9. The van der Waals surface area contributed by atoms with Crippen LogP contribution in [0.2, 0.25) is 0 Å². The Morgan fingerprint density at radius 2 is 1.19 bits per heavy atom. The Hall–Kier alpha value is -2.61. The minimum atomic E-state index is 0.584. The van der Waals surface area contributed by atoms with Gasteiger partial charge in [-0.05, 0) is 61.8 Å². The second-order valence-electron chi connectivity index (χ2n) is 7.53. The molecule has 0 bridgehead atoms. The molecule has 27 heavy (non-hydrogen) atoms. The van der Waals surface area contributed by atoms with Crippen molar-refractivity contribution in [1.29, 1.82) is 0 Å². The molecule has 2 unspecified atom stereocenters. The summed E-state index contributed by atoms with van der Waals surface area (Å²) in [6.07, 6.45) is 9.13. The molecule has 0 amide bonds. The van der Waals surface area contributed by atoms with Crippen molar-refractivity contribution in [2.75, 3.05) is 4.90 Å². The maximum absolute atomic E-state index is 4.70. The van der Waals surface area contributed by atoms with Gasteiger partial charge >= 0.3 is 0 Å². The Labute approximate surface area is 162 Å². The van der Waals surface area contributed by atoms with Crippen molar-refractivity contribution in [3.8, 4) is 0 Å². The number of aryl methyl sites for hydroxylation is 2. The van der Waals surface area contributed by atoms with Crippen molar-refractivity contribution >= 4 is 5.82 Å². The van der Waals surface area contributed by atoms with Crippen molar-refractivity contribution in [3.63, 3.8) is 0 Å². The summed E-state index contributed by atoms with van der Waals surface area (Å²) >= 11 is 0. The van der Waals surface area contributed by atoms with E-state index in [1.54, 1.807) is 0 Å². The van der Waals surface area contributed by atoms with Crippen molar-refractivity contribution in [1.82, 2.24) is 4.98 Å². The zero-order chi connectivity index (χ0) is 18.3. The highest BCUT2D eigenvalue weighted by Gasteiger charge is 2.33. The molecule has 0 saturated carbocycles. The van der Waals surface area contributed by atoms with E-state index in [2.05, 4.69) is 77.7 Å². The summed E-state index contributed by atoms with van der Waals surface area (Å²) < 4.78 is 0. The van der Waals surface area contributed by atoms with Gasteiger partial charge in [0.15, 0.2) is 0 Å². The first-order chi connectivity index (χ1) is 13.4. The van der Waals surface area contributed by atoms with E-state index >= 15 is 0 Å². The van der Waals surface area contributed by atoms with Crippen LogP contribution in [-0.2, 0) is 12.8 Å². The largest absolute Gasteiger partial charge is 0.351 e. The lowest BCUT2D eigenvalue weighted by atomic mass is 10.0. The first-order valence-corrected chi connectivity index (χ1v) is 10.2. The summed E-state index contributed by atoms with van der Waals surface area (Å²) in [5.41, 5.74) is 2.87. The molecule has 2 atom stereocenters. The average Bonchev–Trinajstić information content (AvgIpc) is 3.16. The SMILES string of the molecule is c1ccc(CCC2CCC(CCc3ccccc3)N2c2ccccn2)cc1. The fourth-order valence-corrected chi connectivity index (χ4v) is 4.36. The molecule has 1 aromatic heterocycles. The van der Waals surface area contributed by atoms with E-state index in [0.717, 1.165) is 18.7 Å². The maximum Gasteiger partial charge on any atom is 0.128 e. The predicted molar refractivity (Wildman–Crippen MR) is 113 cm³/mol. The van der Waals surface area contributed by atoms with Crippen LogP contribution in [0.4, 0.5) is 5.82 Å². The van der Waals surface area contributed by atoms with Gasteiger partial charge < -0.3 is 4.90 Å². The number of aromatic nitrogens is 1. The lowest BCUT2D eigenvalue weighted by Crippen LogP contribution is -2.37. The third-order valence-corrected chi connectivity index (χ3v) is 5.75. The van der Waals surface area contributed by atoms with Crippen LogP contribution in [0.3, 0.4) is 0 Å². The van der Waals surface area contributed by atoms with Crippen LogP contribution in [-0.4, -0.2) is 17.1 Å². The molecule has 1 fully saturated rings. The number of benzene rings is 2. The highest BCUT2D eigenvalue weighted by Crippen LogP contribution is 2.33. The van der Waals surface area contributed by atoms with E-state index in [1.165, 1.54) is 36.8 Å². The number of hydrogen-bond donors (Lipinski definition) is 0. The molecule has 1 aliphatic rings. The van der Waals surface area contributed by atoms with E-state index in [0.29, 0.717) is 12.1 Å². The monoisotopic (exact) mass is 356 g/mol. The molecule has 0 N–H and O–H groups in total. The van der Waals surface area contributed by atoms with Gasteiger partial charge in [-0.25, -0.2) is 4.98 Å². The molecular weight excluding hydrogens is 328 g/mol. The van der Waals surface area contributed by atoms with Gasteiger partial charge in [0.1, 0.15) is 5.82 Å². The number of hydrogen-bond acceptors (Lipinski definition) is 2. The van der Waals surface area contributed by atoms with Crippen molar-refractivity contribution in [3.05, 3.63) is 96.2 Å². The standard InChI is InChI=1S/C25H28N2/c1-3-9-21(10-4-1)14-16-23-18-19-24(17-15-22-11-5-2-6-12-22)27(23)25-13-7-8-20-26-25/h1-13,20,23-24H,14-19H2. The highest BCUT2D eigenvalue weighted by molar-refractivity contribution is 5.42. The van der Waals surface area contributed by atoms with E-state index in [1.807, 2.05) is 12.3 Å². The molecule has 138 valence electrons. The molecule has 2 heteroatoms. The topological polar surface area (TPSA) is 16.1 Å². The van der Waals surface area contributed by atoms with Crippen LogP contribution in [0, 0.1) is 0 Å². The normalized spacial score (nSPS) is 19.3. The first kappa shape index (κ1) is 17.8. The van der Waals surface area contributed by atoms with Crippen LogP contribution >= 0.6 is 0 Å². The van der Waals surface area contributed by atoms with Crippen molar-refractivity contribution in [2.45, 2.75) is 50.6 Å². The predicted octanol–water partition coefficient (Wildman–Crippen LogP) is 5.68. The molecule has 1 aliphatic heterocycles. The zero-order valence-corrected chi connectivity index (χ0v) is 15.9. The summed E-state index contributed by atoms with van der Waals surface area (Å²) in [5.74, 6) is 1.14. The summed E-state index contributed by atoms with van der Waals surface area (Å²) in [7, 11) is 0. The molecule has 2 heterocycles. The average molecular weight is 357 g/mol. The van der Waals surface area contributed by atoms with Crippen LogP contribution in [0.5, 0.6) is 0 Å². The summed E-state index contributed by atoms with van der Waals surface area (Å²) in [4.78, 5) is 7.31. The van der Waals surface area contributed by atoms with Gasteiger partial charge in [0, 0.05) is 18.3 Å². The molecule has 1 saturated heterocycles. The minimum absolute atomic E-state index is 0.584. The van der Waals surface area contributed by atoms with Gasteiger partial charge in [-0.15, -0.1) is 0 Å². The van der Waals surface area contributed by atoms with Gasteiger partial charge in [0.05, 0.1) is 0 Å². The number of rotatable bonds is 7. The minimum Gasteiger partial charge on any atom is -0.351 e. The van der Waals surface area contributed by atoms with Crippen molar-refractivity contribution in [2.24, 2.45) is 0 Å². The fraction of sp³-hybridized carbons (Fsp3) is 0.320. The van der Waals surface area contributed by atoms with E-state index in [4.69, 9.17) is 4.98 Å².